The van der Waals surface area contributed by atoms with Crippen molar-refractivity contribution in [2.45, 2.75) is 19.0 Å². The summed E-state index contributed by atoms with van der Waals surface area (Å²) < 4.78 is 30.0. The number of carbonyl (C=O) groups excluding carboxylic acids is 1. The molecule has 6 nitrogen and oxygen atoms in total. The molecule has 0 bridgehead atoms. The SMILES string of the molecule is CCOc1ccc(N2C(=O)N(c3ccccc3)[C@H]3CS(=O)(=O)C[C@@H]32)cc1. The van der Waals surface area contributed by atoms with Gasteiger partial charge in [0.05, 0.1) is 30.2 Å². The highest BCUT2D eigenvalue weighted by Crippen LogP contribution is 2.38. The molecule has 136 valence electrons. The monoisotopic (exact) mass is 372 g/mol. The smallest absolute Gasteiger partial charge is 0.329 e. The van der Waals surface area contributed by atoms with Crippen LogP contribution in [0.4, 0.5) is 16.2 Å². The number of ether oxygens (including phenoxy) is 1. The van der Waals surface area contributed by atoms with Gasteiger partial charge in [-0.25, -0.2) is 13.2 Å². The van der Waals surface area contributed by atoms with Crippen LogP contribution in [0.15, 0.2) is 54.6 Å². The number of anilines is 2. The van der Waals surface area contributed by atoms with Crippen molar-refractivity contribution < 1.29 is 17.9 Å². The summed E-state index contributed by atoms with van der Waals surface area (Å²) >= 11 is 0. The third-order valence-corrected chi connectivity index (χ3v) is 6.53. The van der Waals surface area contributed by atoms with Gasteiger partial charge in [0.2, 0.25) is 0 Å². The largest absolute Gasteiger partial charge is 0.494 e. The molecule has 0 aliphatic carbocycles. The predicted octanol–water partition coefficient (Wildman–Crippen LogP) is 2.70. The van der Waals surface area contributed by atoms with E-state index in [0.717, 1.165) is 11.4 Å². The quantitative estimate of drug-likeness (QED) is 0.774. The number of hydrogen-bond donors (Lipinski definition) is 0. The van der Waals surface area contributed by atoms with Crippen molar-refractivity contribution in [3.05, 3.63) is 54.6 Å². The maximum absolute atomic E-state index is 13.2. The van der Waals surface area contributed by atoms with Crippen LogP contribution in [-0.2, 0) is 9.84 Å². The van der Waals surface area contributed by atoms with Crippen molar-refractivity contribution >= 4 is 27.2 Å². The van der Waals surface area contributed by atoms with Gasteiger partial charge >= 0.3 is 6.03 Å². The van der Waals surface area contributed by atoms with E-state index in [0.29, 0.717) is 12.3 Å². The molecule has 4 rings (SSSR count). The fraction of sp³-hybridized carbons (Fsp3) is 0.316. The van der Waals surface area contributed by atoms with Crippen molar-refractivity contribution in [1.82, 2.24) is 0 Å². The van der Waals surface area contributed by atoms with Crippen molar-refractivity contribution in [2.24, 2.45) is 0 Å². The summed E-state index contributed by atoms with van der Waals surface area (Å²) in [6, 6.07) is 15.5. The van der Waals surface area contributed by atoms with E-state index in [9.17, 15) is 13.2 Å². The summed E-state index contributed by atoms with van der Waals surface area (Å²) in [6.45, 7) is 2.47. The van der Waals surface area contributed by atoms with Crippen LogP contribution in [-0.4, -0.2) is 44.6 Å². The Bertz CT molecular complexity index is 912. The number of urea groups is 1. The van der Waals surface area contributed by atoms with E-state index in [4.69, 9.17) is 4.74 Å². The molecule has 26 heavy (non-hydrogen) atoms. The van der Waals surface area contributed by atoms with Crippen molar-refractivity contribution in [3.8, 4) is 5.75 Å². The van der Waals surface area contributed by atoms with E-state index in [1.165, 1.54) is 0 Å². The van der Waals surface area contributed by atoms with E-state index >= 15 is 0 Å². The number of carbonyl (C=O) groups is 1. The minimum absolute atomic E-state index is 0.00810. The number of nitrogens with zero attached hydrogens (tertiary/aromatic N) is 2. The van der Waals surface area contributed by atoms with Gasteiger partial charge in [0.1, 0.15) is 5.75 Å². The summed E-state index contributed by atoms with van der Waals surface area (Å²) in [7, 11) is -3.19. The summed E-state index contributed by atoms with van der Waals surface area (Å²) in [4.78, 5) is 16.4. The molecular weight excluding hydrogens is 352 g/mol. The van der Waals surface area contributed by atoms with Gasteiger partial charge in [0.15, 0.2) is 9.84 Å². The highest BCUT2D eigenvalue weighted by atomic mass is 32.2. The van der Waals surface area contributed by atoms with Gasteiger partial charge in [0.25, 0.3) is 0 Å². The molecule has 2 aliphatic heterocycles. The third kappa shape index (κ3) is 2.82. The Kier molecular flexibility index (Phi) is 4.11. The zero-order valence-electron chi connectivity index (χ0n) is 14.4. The van der Waals surface area contributed by atoms with E-state index in [2.05, 4.69) is 0 Å². The zero-order valence-corrected chi connectivity index (χ0v) is 15.2. The highest BCUT2D eigenvalue weighted by molar-refractivity contribution is 7.91. The Morgan fingerprint density at radius 2 is 1.46 bits per heavy atom. The fourth-order valence-corrected chi connectivity index (χ4v) is 5.68. The van der Waals surface area contributed by atoms with Crippen LogP contribution in [0, 0.1) is 0 Å². The average Bonchev–Trinajstić information content (AvgIpc) is 3.05. The second kappa shape index (κ2) is 6.32. The Morgan fingerprint density at radius 3 is 2.00 bits per heavy atom. The average molecular weight is 372 g/mol. The Labute approximate surface area is 152 Å². The van der Waals surface area contributed by atoms with Crippen LogP contribution in [0.2, 0.25) is 0 Å². The molecule has 7 heteroatoms. The van der Waals surface area contributed by atoms with Gasteiger partial charge in [-0.15, -0.1) is 0 Å². The molecular formula is C19H20N2O4S. The second-order valence-corrected chi connectivity index (χ2v) is 8.65. The Balaban J connectivity index is 1.73. The molecule has 0 N–H and O–H groups in total. The van der Waals surface area contributed by atoms with Gasteiger partial charge < -0.3 is 4.74 Å². The van der Waals surface area contributed by atoms with Crippen LogP contribution in [0.25, 0.3) is 0 Å². The summed E-state index contributed by atoms with van der Waals surface area (Å²) in [6.07, 6.45) is 0. The van der Waals surface area contributed by atoms with Crippen molar-refractivity contribution in [1.29, 1.82) is 0 Å². The van der Waals surface area contributed by atoms with Crippen LogP contribution in [0.1, 0.15) is 6.92 Å². The van der Waals surface area contributed by atoms with E-state index in [1.54, 1.807) is 34.1 Å². The molecule has 2 saturated heterocycles. The normalized spacial score (nSPS) is 24.0. The van der Waals surface area contributed by atoms with Crippen LogP contribution >= 0.6 is 0 Å². The first-order chi connectivity index (χ1) is 12.5. The summed E-state index contributed by atoms with van der Waals surface area (Å²) in [5.74, 6) is 0.699. The van der Waals surface area contributed by atoms with Crippen LogP contribution in [0.5, 0.6) is 5.75 Å². The lowest BCUT2D eigenvalue weighted by Gasteiger charge is -2.22. The number of rotatable bonds is 4. The van der Waals surface area contributed by atoms with Crippen LogP contribution in [0.3, 0.4) is 0 Å². The molecule has 0 aromatic heterocycles. The van der Waals surface area contributed by atoms with Crippen molar-refractivity contribution in [2.75, 3.05) is 27.9 Å². The first-order valence-corrected chi connectivity index (χ1v) is 10.4. The molecule has 0 saturated carbocycles. The van der Waals surface area contributed by atoms with Gasteiger partial charge in [0, 0.05) is 11.4 Å². The fourth-order valence-electron chi connectivity index (χ4n) is 3.77. The molecule has 0 radical (unpaired) electrons. The first-order valence-electron chi connectivity index (χ1n) is 8.61. The van der Waals surface area contributed by atoms with E-state index in [-0.39, 0.29) is 29.6 Å². The van der Waals surface area contributed by atoms with Gasteiger partial charge in [-0.3, -0.25) is 9.80 Å². The lowest BCUT2D eigenvalue weighted by atomic mass is 10.1. The maximum Gasteiger partial charge on any atom is 0.329 e. The lowest BCUT2D eigenvalue weighted by Crippen LogP contribution is -2.37. The van der Waals surface area contributed by atoms with Gasteiger partial charge in [-0.05, 0) is 43.3 Å². The van der Waals surface area contributed by atoms with Crippen LogP contribution < -0.4 is 14.5 Å². The number of para-hydroxylation sites is 1. The molecule has 0 spiro atoms. The standard InChI is InChI=1S/C19H20N2O4S/c1-2-25-16-10-8-15(9-11-16)21-18-13-26(23,24)12-17(18)20(19(21)22)14-6-4-3-5-7-14/h3-11,17-18H,2,12-13H2,1H3/t17-,18-/m0/s1. The molecule has 2 fully saturated rings. The Morgan fingerprint density at radius 1 is 0.923 bits per heavy atom. The summed E-state index contributed by atoms with van der Waals surface area (Å²) in [5, 5.41) is 0. The van der Waals surface area contributed by atoms with Gasteiger partial charge in [-0.1, -0.05) is 18.2 Å². The summed E-state index contributed by atoms with van der Waals surface area (Å²) in [5.41, 5.74) is 1.40. The van der Waals surface area contributed by atoms with E-state index < -0.39 is 9.84 Å². The number of benzene rings is 2. The zero-order chi connectivity index (χ0) is 18.3. The number of amides is 2. The molecule has 2 aromatic carbocycles. The van der Waals surface area contributed by atoms with Crippen molar-refractivity contribution in [3.63, 3.8) is 0 Å². The molecule has 2 aromatic rings. The minimum atomic E-state index is -3.19. The number of fused-ring (bicyclic) bond motifs is 1. The second-order valence-electron chi connectivity index (χ2n) is 6.50. The molecule has 2 heterocycles. The van der Waals surface area contributed by atoms with E-state index in [1.807, 2.05) is 37.3 Å². The number of sulfone groups is 1. The molecule has 2 amide bonds. The third-order valence-electron chi connectivity index (χ3n) is 4.83. The topological polar surface area (TPSA) is 66.9 Å². The minimum Gasteiger partial charge on any atom is -0.494 e. The lowest BCUT2D eigenvalue weighted by molar-refractivity contribution is 0.255. The Hall–Kier alpha value is -2.54. The number of hydrogen-bond acceptors (Lipinski definition) is 4. The maximum atomic E-state index is 13.2. The molecule has 0 unspecified atom stereocenters. The first kappa shape index (κ1) is 16.9. The van der Waals surface area contributed by atoms with Gasteiger partial charge in [-0.2, -0.15) is 0 Å². The molecule has 2 aliphatic rings. The highest BCUT2D eigenvalue weighted by Gasteiger charge is 2.54. The molecule has 2 atom stereocenters. The predicted molar refractivity (Wildman–Crippen MR) is 101 cm³/mol.